The zero-order valence-electron chi connectivity index (χ0n) is 15.6. The van der Waals surface area contributed by atoms with Gasteiger partial charge in [0.1, 0.15) is 0 Å². The average Bonchev–Trinajstić information content (AvgIpc) is 2.55. The molecule has 1 atom stereocenters. The topological polar surface area (TPSA) is 78.5 Å². The second kappa shape index (κ2) is 8.82. The predicted molar refractivity (Wildman–Crippen MR) is 96.7 cm³/mol. The Morgan fingerprint density at radius 1 is 1.19 bits per heavy atom. The van der Waals surface area contributed by atoms with Crippen molar-refractivity contribution in [2.75, 3.05) is 18.8 Å². The van der Waals surface area contributed by atoms with Gasteiger partial charge in [0.25, 0.3) is 0 Å². The fraction of sp³-hybridized carbons (Fsp3) is 0.941. The monoisotopic (exact) mass is 395 g/mol. The van der Waals surface area contributed by atoms with Crippen LogP contribution in [0.4, 0.5) is 13.6 Å². The van der Waals surface area contributed by atoms with Crippen LogP contribution >= 0.6 is 0 Å². The molecule has 0 radical (unpaired) electrons. The lowest BCUT2D eigenvalue weighted by Gasteiger charge is -2.34. The second-order valence-corrected chi connectivity index (χ2v) is 9.68. The Morgan fingerprint density at radius 2 is 1.77 bits per heavy atom. The smallest absolute Gasteiger partial charge is 0.315 e. The van der Waals surface area contributed by atoms with Gasteiger partial charge in [0.05, 0.1) is 5.75 Å². The number of rotatable bonds is 6. The molecule has 2 fully saturated rings. The van der Waals surface area contributed by atoms with E-state index in [2.05, 4.69) is 10.6 Å². The minimum Gasteiger partial charge on any atom is -0.335 e. The van der Waals surface area contributed by atoms with Crippen LogP contribution in [0.3, 0.4) is 0 Å². The summed E-state index contributed by atoms with van der Waals surface area (Å²) in [5.74, 6) is -2.34. The van der Waals surface area contributed by atoms with Crippen LogP contribution in [0, 0.1) is 5.92 Å². The molecule has 1 unspecified atom stereocenters. The normalized spacial score (nSPS) is 24.2. The minimum absolute atomic E-state index is 0.0639. The van der Waals surface area contributed by atoms with Gasteiger partial charge in [0, 0.05) is 38.0 Å². The lowest BCUT2D eigenvalue weighted by molar-refractivity contribution is -0.0484. The van der Waals surface area contributed by atoms with E-state index in [-0.39, 0.29) is 42.6 Å². The van der Waals surface area contributed by atoms with Crippen molar-refractivity contribution in [3.63, 3.8) is 0 Å². The van der Waals surface area contributed by atoms with Crippen molar-refractivity contribution in [1.82, 2.24) is 14.9 Å². The molecule has 0 bridgehead atoms. The van der Waals surface area contributed by atoms with Gasteiger partial charge in [-0.25, -0.2) is 26.3 Å². The number of carbonyl (C=O) groups excluding carboxylic acids is 1. The van der Waals surface area contributed by atoms with Gasteiger partial charge < -0.3 is 10.6 Å². The highest BCUT2D eigenvalue weighted by Crippen LogP contribution is 2.37. The number of hydrogen-bond acceptors (Lipinski definition) is 3. The van der Waals surface area contributed by atoms with E-state index in [1.54, 1.807) is 0 Å². The van der Waals surface area contributed by atoms with Crippen LogP contribution in [0.5, 0.6) is 0 Å². The van der Waals surface area contributed by atoms with Crippen molar-refractivity contribution in [2.24, 2.45) is 5.92 Å². The van der Waals surface area contributed by atoms with Crippen molar-refractivity contribution in [1.29, 1.82) is 0 Å². The van der Waals surface area contributed by atoms with E-state index in [9.17, 15) is 22.0 Å². The van der Waals surface area contributed by atoms with Crippen LogP contribution in [-0.2, 0) is 10.0 Å². The molecule has 2 amide bonds. The Bertz CT molecular complexity index is 568. The van der Waals surface area contributed by atoms with Crippen molar-refractivity contribution >= 4 is 16.1 Å². The van der Waals surface area contributed by atoms with E-state index in [4.69, 9.17) is 0 Å². The van der Waals surface area contributed by atoms with Crippen LogP contribution in [0.2, 0.25) is 0 Å². The largest absolute Gasteiger partial charge is 0.335 e. The molecule has 1 saturated carbocycles. The number of alkyl halides is 2. The molecule has 1 heterocycles. The lowest BCUT2D eigenvalue weighted by atomic mass is 9.82. The van der Waals surface area contributed by atoms with E-state index in [1.165, 1.54) is 4.31 Å². The van der Waals surface area contributed by atoms with Crippen LogP contribution in [0.15, 0.2) is 0 Å². The first-order valence-corrected chi connectivity index (χ1v) is 11.2. The third kappa shape index (κ3) is 6.04. The number of carbonyl (C=O) groups is 1. The number of nitrogens with one attached hydrogen (secondary N) is 2. The first-order valence-electron chi connectivity index (χ1n) is 9.55. The second-order valence-electron chi connectivity index (χ2n) is 7.59. The molecule has 0 aromatic heterocycles. The summed E-state index contributed by atoms with van der Waals surface area (Å²) in [6.45, 7) is 4.53. The maximum atomic E-state index is 13.2. The molecule has 2 N–H and O–H groups in total. The van der Waals surface area contributed by atoms with E-state index < -0.39 is 15.9 Å². The van der Waals surface area contributed by atoms with Gasteiger partial charge in [0.2, 0.25) is 15.9 Å². The fourth-order valence-corrected chi connectivity index (χ4v) is 5.32. The van der Waals surface area contributed by atoms with Crippen molar-refractivity contribution in [2.45, 2.75) is 76.8 Å². The summed E-state index contributed by atoms with van der Waals surface area (Å²) >= 11 is 0. The molecule has 1 saturated heterocycles. The summed E-state index contributed by atoms with van der Waals surface area (Å²) in [6.07, 6.45) is 2.37. The van der Waals surface area contributed by atoms with E-state index in [0.29, 0.717) is 45.2 Å². The van der Waals surface area contributed by atoms with E-state index in [0.717, 1.165) is 0 Å². The summed E-state index contributed by atoms with van der Waals surface area (Å²) in [4.78, 5) is 12.2. The Morgan fingerprint density at radius 3 is 2.31 bits per heavy atom. The molecule has 26 heavy (non-hydrogen) atoms. The Labute approximate surface area is 155 Å². The van der Waals surface area contributed by atoms with Crippen molar-refractivity contribution < 1.29 is 22.0 Å². The van der Waals surface area contributed by atoms with Gasteiger partial charge in [0.15, 0.2) is 0 Å². The highest BCUT2D eigenvalue weighted by molar-refractivity contribution is 7.89. The molecular weight excluding hydrogens is 364 g/mol. The predicted octanol–water partition coefficient (Wildman–Crippen LogP) is 2.70. The number of halogens is 2. The summed E-state index contributed by atoms with van der Waals surface area (Å²) in [6, 6.07) is -0.521. The van der Waals surface area contributed by atoms with E-state index in [1.807, 2.05) is 13.8 Å². The molecular formula is C17H31F2N3O3S. The van der Waals surface area contributed by atoms with Gasteiger partial charge in [-0.05, 0) is 44.9 Å². The van der Waals surface area contributed by atoms with Crippen LogP contribution in [0.1, 0.15) is 58.8 Å². The molecule has 2 aliphatic rings. The van der Waals surface area contributed by atoms with Gasteiger partial charge >= 0.3 is 6.03 Å². The fourth-order valence-electron chi connectivity index (χ4n) is 3.78. The van der Waals surface area contributed by atoms with Crippen molar-refractivity contribution in [3.05, 3.63) is 0 Å². The molecule has 9 heteroatoms. The van der Waals surface area contributed by atoms with Crippen molar-refractivity contribution in [3.8, 4) is 0 Å². The summed E-state index contributed by atoms with van der Waals surface area (Å²) in [5, 5.41) is 5.75. The quantitative estimate of drug-likeness (QED) is 0.726. The van der Waals surface area contributed by atoms with Gasteiger partial charge in [-0.1, -0.05) is 6.92 Å². The third-order valence-electron chi connectivity index (χ3n) is 5.47. The maximum absolute atomic E-state index is 13.2. The molecule has 0 aromatic rings. The Balaban J connectivity index is 1.72. The number of piperidine rings is 1. The first kappa shape index (κ1) is 21.3. The highest BCUT2D eigenvalue weighted by atomic mass is 32.2. The standard InChI is InChI=1S/C17H31F2N3O3S/c1-3-12-26(24,25)22-10-6-15(7-11-22)21-16(23)20-13(2)14-4-8-17(18,19)9-5-14/h13-15H,3-12H2,1-2H3,(H2,20,21,23). The number of sulfonamides is 1. The Kier molecular flexibility index (Phi) is 7.24. The molecule has 6 nitrogen and oxygen atoms in total. The molecule has 2 rings (SSSR count). The van der Waals surface area contributed by atoms with E-state index >= 15 is 0 Å². The average molecular weight is 396 g/mol. The highest BCUT2D eigenvalue weighted by Gasteiger charge is 2.37. The number of amides is 2. The number of nitrogens with zero attached hydrogens (tertiary/aromatic N) is 1. The van der Waals surface area contributed by atoms with Crippen LogP contribution in [-0.4, -0.2) is 55.6 Å². The summed E-state index contributed by atoms with van der Waals surface area (Å²) in [5.41, 5.74) is 0. The zero-order valence-corrected chi connectivity index (χ0v) is 16.5. The zero-order chi connectivity index (χ0) is 19.4. The minimum atomic E-state index is -3.18. The van der Waals surface area contributed by atoms with Gasteiger partial charge in [-0.3, -0.25) is 0 Å². The molecule has 0 aromatic carbocycles. The molecule has 1 aliphatic heterocycles. The number of urea groups is 1. The summed E-state index contributed by atoms with van der Waals surface area (Å²) < 4.78 is 52.1. The molecule has 0 spiro atoms. The van der Waals surface area contributed by atoms with Crippen LogP contribution in [0.25, 0.3) is 0 Å². The molecule has 152 valence electrons. The lowest BCUT2D eigenvalue weighted by Crippen LogP contribution is -2.52. The first-order chi connectivity index (χ1) is 12.1. The Hall–Kier alpha value is -0.960. The van der Waals surface area contributed by atoms with Gasteiger partial charge in [-0.15, -0.1) is 0 Å². The van der Waals surface area contributed by atoms with Crippen LogP contribution < -0.4 is 10.6 Å². The third-order valence-corrected chi connectivity index (χ3v) is 7.55. The maximum Gasteiger partial charge on any atom is 0.315 e. The SMILES string of the molecule is CCCS(=O)(=O)N1CCC(NC(=O)NC(C)C2CCC(F)(F)CC2)CC1. The number of hydrogen-bond donors (Lipinski definition) is 2. The van der Waals surface area contributed by atoms with Gasteiger partial charge in [-0.2, -0.15) is 0 Å². The molecule has 1 aliphatic carbocycles. The summed E-state index contributed by atoms with van der Waals surface area (Å²) in [7, 11) is -3.18.